The van der Waals surface area contributed by atoms with E-state index in [2.05, 4.69) is 29.5 Å². The summed E-state index contributed by atoms with van der Waals surface area (Å²) in [5, 5.41) is 6.54. The van der Waals surface area contributed by atoms with Crippen LogP contribution in [0.15, 0.2) is 29.3 Å². The monoisotopic (exact) mass is 405 g/mol. The standard InChI is InChI=1S/C16H24FN3.HI/c1-3-10-19-15(18-4-2)20-12-16(8-9-16)13-6-5-7-14(17)11-13;/h5-7,11H,3-4,8-10,12H2,1-2H3,(H2,18,19,20);1H. The molecule has 2 N–H and O–H groups in total. The highest BCUT2D eigenvalue weighted by Gasteiger charge is 2.44. The Balaban J connectivity index is 0.00000220. The Kier molecular flexibility index (Phi) is 7.42. The van der Waals surface area contributed by atoms with Crippen molar-refractivity contribution in [2.24, 2.45) is 4.99 Å². The van der Waals surface area contributed by atoms with E-state index in [1.165, 1.54) is 6.07 Å². The molecule has 3 nitrogen and oxygen atoms in total. The molecule has 0 saturated heterocycles. The van der Waals surface area contributed by atoms with Crippen LogP contribution in [0, 0.1) is 5.82 Å². The molecule has 0 aliphatic heterocycles. The van der Waals surface area contributed by atoms with E-state index < -0.39 is 0 Å². The summed E-state index contributed by atoms with van der Waals surface area (Å²) in [4.78, 5) is 4.66. The molecule has 2 rings (SSSR count). The SMILES string of the molecule is CCCNC(=NCC1(c2cccc(F)c2)CC1)NCC.I. The van der Waals surface area contributed by atoms with Gasteiger partial charge >= 0.3 is 0 Å². The Morgan fingerprint density at radius 1 is 1.29 bits per heavy atom. The van der Waals surface area contributed by atoms with Crippen molar-refractivity contribution in [3.05, 3.63) is 35.6 Å². The van der Waals surface area contributed by atoms with E-state index in [0.29, 0.717) is 0 Å². The number of benzene rings is 1. The number of hydrogen-bond acceptors (Lipinski definition) is 1. The van der Waals surface area contributed by atoms with Gasteiger partial charge in [-0.15, -0.1) is 24.0 Å². The fourth-order valence-corrected chi connectivity index (χ4v) is 2.32. The molecular formula is C16H25FIN3. The summed E-state index contributed by atoms with van der Waals surface area (Å²) >= 11 is 0. The normalized spacial score (nSPS) is 16.0. The third-order valence-electron chi connectivity index (χ3n) is 3.72. The van der Waals surface area contributed by atoms with E-state index in [-0.39, 0.29) is 35.2 Å². The smallest absolute Gasteiger partial charge is 0.191 e. The molecule has 1 aliphatic carbocycles. The molecule has 0 bridgehead atoms. The number of hydrogen-bond donors (Lipinski definition) is 2. The Morgan fingerprint density at radius 3 is 2.62 bits per heavy atom. The van der Waals surface area contributed by atoms with Gasteiger partial charge in [0.15, 0.2) is 5.96 Å². The Bertz CT molecular complexity index is 472. The molecule has 1 fully saturated rings. The number of aliphatic imine (C=N–C) groups is 1. The summed E-state index contributed by atoms with van der Waals surface area (Å²) in [5.41, 5.74) is 1.13. The number of rotatable bonds is 6. The number of nitrogens with zero attached hydrogens (tertiary/aromatic N) is 1. The van der Waals surface area contributed by atoms with Gasteiger partial charge in [-0.25, -0.2) is 4.39 Å². The second-order valence-electron chi connectivity index (χ2n) is 5.41. The van der Waals surface area contributed by atoms with Crippen LogP contribution in [0.5, 0.6) is 0 Å². The first-order chi connectivity index (χ1) is 9.70. The molecule has 1 aromatic carbocycles. The molecule has 21 heavy (non-hydrogen) atoms. The van der Waals surface area contributed by atoms with Crippen molar-refractivity contribution in [2.45, 2.75) is 38.5 Å². The fourth-order valence-electron chi connectivity index (χ4n) is 2.32. The van der Waals surface area contributed by atoms with E-state index in [1.807, 2.05) is 6.07 Å². The molecule has 0 spiro atoms. The van der Waals surface area contributed by atoms with Crippen LogP contribution < -0.4 is 10.6 Å². The van der Waals surface area contributed by atoms with Gasteiger partial charge in [-0.3, -0.25) is 4.99 Å². The molecule has 0 unspecified atom stereocenters. The van der Waals surface area contributed by atoms with Crippen LogP contribution in [-0.2, 0) is 5.41 Å². The highest BCUT2D eigenvalue weighted by Crippen LogP contribution is 2.48. The summed E-state index contributed by atoms with van der Waals surface area (Å²) in [6.45, 7) is 6.67. The fraction of sp³-hybridized carbons (Fsp3) is 0.562. The van der Waals surface area contributed by atoms with Crippen molar-refractivity contribution in [2.75, 3.05) is 19.6 Å². The second kappa shape index (κ2) is 8.56. The quantitative estimate of drug-likeness (QED) is 0.432. The predicted molar refractivity (Wildman–Crippen MR) is 97.0 cm³/mol. The molecule has 1 aromatic rings. The summed E-state index contributed by atoms with van der Waals surface area (Å²) in [7, 11) is 0. The van der Waals surface area contributed by atoms with Crippen LogP contribution in [0.1, 0.15) is 38.7 Å². The number of nitrogens with one attached hydrogen (secondary N) is 2. The van der Waals surface area contributed by atoms with Crippen molar-refractivity contribution in [3.63, 3.8) is 0 Å². The molecule has 0 aromatic heterocycles. The van der Waals surface area contributed by atoms with Crippen LogP contribution in [0.3, 0.4) is 0 Å². The van der Waals surface area contributed by atoms with Gasteiger partial charge in [0.2, 0.25) is 0 Å². The second-order valence-corrected chi connectivity index (χ2v) is 5.41. The third kappa shape index (κ3) is 5.13. The molecule has 0 amide bonds. The van der Waals surface area contributed by atoms with Crippen LogP contribution >= 0.6 is 24.0 Å². The van der Waals surface area contributed by atoms with E-state index in [4.69, 9.17) is 0 Å². The van der Waals surface area contributed by atoms with Crippen LogP contribution in [0.4, 0.5) is 4.39 Å². The van der Waals surface area contributed by atoms with Crippen molar-refractivity contribution >= 4 is 29.9 Å². The first-order valence-electron chi connectivity index (χ1n) is 7.48. The van der Waals surface area contributed by atoms with Crippen LogP contribution in [-0.4, -0.2) is 25.6 Å². The minimum absolute atomic E-state index is 0. The Hall–Kier alpha value is -0.850. The zero-order chi connectivity index (χ0) is 14.4. The molecule has 1 saturated carbocycles. The maximum absolute atomic E-state index is 13.4. The van der Waals surface area contributed by atoms with Gasteiger partial charge in [-0.1, -0.05) is 19.1 Å². The molecular weight excluding hydrogens is 380 g/mol. The number of halogens is 2. The van der Waals surface area contributed by atoms with Crippen LogP contribution in [0.25, 0.3) is 0 Å². The van der Waals surface area contributed by atoms with Crippen LogP contribution in [0.2, 0.25) is 0 Å². The van der Waals surface area contributed by atoms with E-state index in [9.17, 15) is 4.39 Å². The average molecular weight is 405 g/mol. The minimum atomic E-state index is -0.159. The van der Waals surface area contributed by atoms with Gasteiger partial charge in [0.25, 0.3) is 0 Å². The van der Waals surface area contributed by atoms with Gasteiger partial charge in [0, 0.05) is 18.5 Å². The average Bonchev–Trinajstić information content (AvgIpc) is 3.23. The van der Waals surface area contributed by atoms with Crippen molar-refractivity contribution in [3.8, 4) is 0 Å². The summed E-state index contributed by atoms with van der Waals surface area (Å²) in [6.07, 6.45) is 3.25. The zero-order valence-corrected chi connectivity index (χ0v) is 15.1. The van der Waals surface area contributed by atoms with Crippen molar-refractivity contribution in [1.82, 2.24) is 10.6 Å². The summed E-state index contributed by atoms with van der Waals surface area (Å²) in [5.74, 6) is 0.700. The molecule has 0 heterocycles. The first kappa shape index (κ1) is 18.2. The Labute approximate surface area is 143 Å². The van der Waals surface area contributed by atoms with Crippen molar-refractivity contribution < 1.29 is 4.39 Å². The minimum Gasteiger partial charge on any atom is -0.357 e. The third-order valence-corrected chi connectivity index (χ3v) is 3.72. The van der Waals surface area contributed by atoms with E-state index in [1.54, 1.807) is 12.1 Å². The topological polar surface area (TPSA) is 36.4 Å². The maximum Gasteiger partial charge on any atom is 0.191 e. The molecule has 5 heteroatoms. The Morgan fingerprint density at radius 2 is 2.05 bits per heavy atom. The van der Waals surface area contributed by atoms with Gasteiger partial charge < -0.3 is 10.6 Å². The maximum atomic E-state index is 13.4. The van der Waals surface area contributed by atoms with Gasteiger partial charge in [-0.05, 0) is 43.9 Å². The molecule has 0 radical (unpaired) electrons. The molecule has 0 atom stereocenters. The largest absolute Gasteiger partial charge is 0.357 e. The lowest BCUT2D eigenvalue weighted by Crippen LogP contribution is -2.38. The van der Waals surface area contributed by atoms with E-state index in [0.717, 1.165) is 50.4 Å². The summed E-state index contributed by atoms with van der Waals surface area (Å²) < 4.78 is 13.4. The zero-order valence-electron chi connectivity index (χ0n) is 12.8. The molecule has 1 aliphatic rings. The number of guanidine groups is 1. The predicted octanol–water partition coefficient (Wildman–Crippen LogP) is 3.44. The summed E-state index contributed by atoms with van der Waals surface area (Å²) in [6, 6.07) is 6.94. The van der Waals surface area contributed by atoms with Gasteiger partial charge in [-0.2, -0.15) is 0 Å². The lowest BCUT2D eigenvalue weighted by atomic mass is 9.96. The van der Waals surface area contributed by atoms with Crippen molar-refractivity contribution in [1.29, 1.82) is 0 Å². The highest BCUT2D eigenvalue weighted by atomic mass is 127. The highest BCUT2D eigenvalue weighted by molar-refractivity contribution is 14.0. The van der Waals surface area contributed by atoms with Gasteiger partial charge in [0.05, 0.1) is 6.54 Å². The molecule has 118 valence electrons. The lowest BCUT2D eigenvalue weighted by molar-refractivity contribution is 0.615. The van der Waals surface area contributed by atoms with Gasteiger partial charge in [0.1, 0.15) is 5.82 Å². The van der Waals surface area contributed by atoms with E-state index >= 15 is 0 Å². The first-order valence-corrected chi connectivity index (χ1v) is 7.48. The lowest BCUT2D eigenvalue weighted by Gasteiger charge is -2.15.